The van der Waals surface area contributed by atoms with Crippen molar-refractivity contribution >= 4 is 26.8 Å². The second-order valence-electron chi connectivity index (χ2n) is 4.47. The van der Waals surface area contributed by atoms with Crippen molar-refractivity contribution in [2.24, 2.45) is 7.05 Å². The van der Waals surface area contributed by atoms with Gasteiger partial charge in [0.05, 0.1) is 16.4 Å². The SMILES string of the molecule is Cn1cc(Br)c2nn(Cc3ccccc3)cc2c1=O. The first-order valence-electron chi connectivity index (χ1n) is 5.91. The van der Waals surface area contributed by atoms with Crippen molar-refractivity contribution < 1.29 is 0 Å². The van der Waals surface area contributed by atoms with Crippen LogP contribution in [-0.2, 0) is 13.6 Å². The number of nitrogens with zero attached hydrogens (tertiary/aromatic N) is 3. The molecule has 0 aliphatic carbocycles. The van der Waals surface area contributed by atoms with E-state index in [4.69, 9.17) is 0 Å². The number of benzene rings is 1. The number of aromatic nitrogens is 3. The highest BCUT2D eigenvalue weighted by Gasteiger charge is 2.10. The molecule has 2 aromatic heterocycles. The third kappa shape index (κ3) is 2.21. The van der Waals surface area contributed by atoms with E-state index in [1.54, 1.807) is 28.7 Å². The second-order valence-corrected chi connectivity index (χ2v) is 5.32. The Bertz CT molecular complexity index is 790. The van der Waals surface area contributed by atoms with E-state index in [1.165, 1.54) is 0 Å². The quantitative estimate of drug-likeness (QED) is 0.728. The molecule has 4 nitrogen and oxygen atoms in total. The van der Waals surface area contributed by atoms with Gasteiger partial charge in [-0.15, -0.1) is 0 Å². The maximum absolute atomic E-state index is 12.0. The Morgan fingerprint density at radius 1 is 1.21 bits per heavy atom. The van der Waals surface area contributed by atoms with Crippen LogP contribution in [-0.4, -0.2) is 14.3 Å². The number of fused-ring (bicyclic) bond motifs is 1. The van der Waals surface area contributed by atoms with E-state index in [2.05, 4.69) is 21.0 Å². The largest absolute Gasteiger partial charge is 0.317 e. The molecule has 2 heterocycles. The summed E-state index contributed by atoms with van der Waals surface area (Å²) in [6, 6.07) is 10.1. The molecule has 19 heavy (non-hydrogen) atoms. The van der Waals surface area contributed by atoms with Gasteiger partial charge in [-0.05, 0) is 21.5 Å². The summed E-state index contributed by atoms with van der Waals surface area (Å²) in [7, 11) is 1.74. The molecule has 0 N–H and O–H groups in total. The lowest BCUT2D eigenvalue weighted by atomic mass is 10.2. The molecule has 0 fully saturated rings. The topological polar surface area (TPSA) is 39.8 Å². The number of aryl methyl sites for hydroxylation is 1. The average Bonchev–Trinajstić information content (AvgIpc) is 2.82. The van der Waals surface area contributed by atoms with Gasteiger partial charge in [0.1, 0.15) is 5.52 Å². The molecule has 96 valence electrons. The zero-order chi connectivity index (χ0) is 13.4. The van der Waals surface area contributed by atoms with Crippen molar-refractivity contribution in [3.63, 3.8) is 0 Å². The minimum Gasteiger partial charge on any atom is -0.317 e. The Morgan fingerprint density at radius 3 is 2.68 bits per heavy atom. The van der Waals surface area contributed by atoms with E-state index in [0.29, 0.717) is 17.4 Å². The molecular formula is C14H12BrN3O. The number of rotatable bonds is 2. The van der Waals surface area contributed by atoms with Crippen molar-refractivity contribution in [1.82, 2.24) is 14.3 Å². The second kappa shape index (κ2) is 4.66. The zero-order valence-electron chi connectivity index (χ0n) is 10.4. The van der Waals surface area contributed by atoms with Gasteiger partial charge in [0.15, 0.2) is 0 Å². The predicted molar refractivity (Wildman–Crippen MR) is 78.2 cm³/mol. The number of hydrogen-bond acceptors (Lipinski definition) is 2. The lowest BCUT2D eigenvalue weighted by Gasteiger charge is -2.00. The fourth-order valence-electron chi connectivity index (χ4n) is 2.09. The van der Waals surface area contributed by atoms with Crippen LogP contribution in [0.1, 0.15) is 5.56 Å². The molecule has 5 heteroatoms. The van der Waals surface area contributed by atoms with E-state index in [-0.39, 0.29) is 5.56 Å². The first-order valence-corrected chi connectivity index (χ1v) is 6.70. The summed E-state index contributed by atoms with van der Waals surface area (Å²) in [5, 5.41) is 5.10. The molecular weight excluding hydrogens is 306 g/mol. The van der Waals surface area contributed by atoms with Gasteiger partial charge in [-0.2, -0.15) is 5.10 Å². The molecule has 0 saturated carbocycles. The maximum Gasteiger partial charge on any atom is 0.261 e. The third-order valence-corrected chi connectivity index (χ3v) is 3.61. The molecule has 0 spiro atoms. The minimum absolute atomic E-state index is 0.0301. The highest BCUT2D eigenvalue weighted by molar-refractivity contribution is 9.10. The molecule has 0 aliphatic rings. The predicted octanol–water partition coefficient (Wildman–Crippen LogP) is 2.55. The van der Waals surface area contributed by atoms with Gasteiger partial charge in [-0.1, -0.05) is 30.3 Å². The fourth-order valence-corrected chi connectivity index (χ4v) is 2.69. The number of pyridine rings is 1. The summed E-state index contributed by atoms with van der Waals surface area (Å²) < 4.78 is 4.18. The first-order chi connectivity index (χ1) is 9.15. The normalized spacial score (nSPS) is 11.1. The Kier molecular flexibility index (Phi) is 2.98. The van der Waals surface area contributed by atoms with Crippen LogP contribution in [0.5, 0.6) is 0 Å². The van der Waals surface area contributed by atoms with Crippen LogP contribution in [0.2, 0.25) is 0 Å². The van der Waals surface area contributed by atoms with Crippen LogP contribution >= 0.6 is 15.9 Å². The Morgan fingerprint density at radius 2 is 1.95 bits per heavy atom. The molecule has 0 atom stereocenters. The minimum atomic E-state index is -0.0301. The van der Waals surface area contributed by atoms with Crippen molar-refractivity contribution in [1.29, 1.82) is 0 Å². The first kappa shape index (κ1) is 12.2. The highest BCUT2D eigenvalue weighted by atomic mass is 79.9. The van der Waals surface area contributed by atoms with Gasteiger partial charge in [0.2, 0.25) is 0 Å². The van der Waals surface area contributed by atoms with Gasteiger partial charge in [-0.3, -0.25) is 9.48 Å². The zero-order valence-corrected chi connectivity index (χ0v) is 12.0. The summed E-state index contributed by atoms with van der Waals surface area (Å²) >= 11 is 3.45. The van der Waals surface area contributed by atoms with Crippen LogP contribution in [0.3, 0.4) is 0 Å². The molecule has 3 aromatic rings. The van der Waals surface area contributed by atoms with Gasteiger partial charge in [0, 0.05) is 19.4 Å². The van der Waals surface area contributed by atoms with E-state index >= 15 is 0 Å². The Hall–Kier alpha value is -1.88. The monoisotopic (exact) mass is 317 g/mol. The van der Waals surface area contributed by atoms with Gasteiger partial charge in [0.25, 0.3) is 5.56 Å². The molecule has 0 amide bonds. The highest BCUT2D eigenvalue weighted by Crippen LogP contribution is 2.19. The van der Waals surface area contributed by atoms with Gasteiger partial charge in [-0.25, -0.2) is 0 Å². The summed E-state index contributed by atoms with van der Waals surface area (Å²) in [4.78, 5) is 12.0. The maximum atomic E-state index is 12.0. The molecule has 0 unspecified atom stereocenters. The van der Waals surface area contributed by atoms with Crippen LogP contribution in [0.15, 0.2) is 52.0 Å². The van der Waals surface area contributed by atoms with Crippen molar-refractivity contribution in [3.8, 4) is 0 Å². The van der Waals surface area contributed by atoms with Gasteiger partial charge >= 0.3 is 0 Å². The standard InChI is InChI=1S/C14H12BrN3O/c1-17-9-12(15)13-11(14(17)19)8-18(16-13)7-10-5-3-2-4-6-10/h2-6,8-9H,7H2,1H3. The molecule has 0 aliphatic heterocycles. The lowest BCUT2D eigenvalue weighted by Crippen LogP contribution is -2.15. The third-order valence-electron chi connectivity index (χ3n) is 3.03. The molecule has 3 rings (SSSR count). The van der Waals surface area contributed by atoms with Gasteiger partial charge < -0.3 is 4.57 Å². The molecule has 0 saturated heterocycles. The van der Waals surface area contributed by atoms with Crippen LogP contribution < -0.4 is 5.56 Å². The van der Waals surface area contributed by atoms with Crippen molar-refractivity contribution in [2.75, 3.05) is 0 Å². The summed E-state index contributed by atoms with van der Waals surface area (Å²) in [5.74, 6) is 0. The van der Waals surface area contributed by atoms with E-state index < -0.39 is 0 Å². The van der Waals surface area contributed by atoms with E-state index in [0.717, 1.165) is 10.0 Å². The molecule has 0 bridgehead atoms. The van der Waals surface area contributed by atoms with Crippen LogP contribution in [0, 0.1) is 0 Å². The van der Waals surface area contributed by atoms with Crippen LogP contribution in [0.25, 0.3) is 10.9 Å². The molecule has 0 radical (unpaired) electrons. The summed E-state index contributed by atoms with van der Waals surface area (Å²) in [5.41, 5.74) is 1.83. The summed E-state index contributed by atoms with van der Waals surface area (Å²) in [6.45, 7) is 0.658. The van der Waals surface area contributed by atoms with E-state index in [1.807, 2.05) is 30.3 Å². The Labute approximate surface area is 118 Å². The molecule has 1 aromatic carbocycles. The number of halogens is 1. The van der Waals surface area contributed by atoms with Crippen molar-refractivity contribution in [3.05, 3.63) is 63.1 Å². The van der Waals surface area contributed by atoms with Crippen LogP contribution in [0.4, 0.5) is 0 Å². The summed E-state index contributed by atoms with van der Waals surface area (Å²) in [6.07, 6.45) is 3.54. The number of hydrogen-bond donors (Lipinski definition) is 0. The Balaban J connectivity index is 2.10. The smallest absolute Gasteiger partial charge is 0.261 e. The average molecular weight is 318 g/mol. The fraction of sp³-hybridized carbons (Fsp3) is 0.143. The van der Waals surface area contributed by atoms with Crippen molar-refractivity contribution in [2.45, 2.75) is 6.54 Å². The van der Waals surface area contributed by atoms with E-state index in [9.17, 15) is 4.79 Å². The lowest BCUT2D eigenvalue weighted by molar-refractivity contribution is 0.695.